The fraction of sp³-hybridized carbons (Fsp3) is 0.200. The van der Waals surface area contributed by atoms with Gasteiger partial charge in [0.25, 0.3) is 0 Å². The summed E-state index contributed by atoms with van der Waals surface area (Å²) in [6, 6.07) is 16.1. The summed E-state index contributed by atoms with van der Waals surface area (Å²) >= 11 is 0. The van der Waals surface area contributed by atoms with Gasteiger partial charge in [0.05, 0.1) is 0 Å². The van der Waals surface area contributed by atoms with Gasteiger partial charge in [0.1, 0.15) is 17.2 Å². The predicted molar refractivity (Wildman–Crippen MR) is 92.0 cm³/mol. The molecular formula is C20H20O3. The number of aromatic hydroxyl groups is 3. The molecule has 3 aromatic rings. The second kappa shape index (κ2) is 6.21. The third-order valence-electron chi connectivity index (χ3n) is 4.08. The highest BCUT2D eigenvalue weighted by Gasteiger charge is 2.09. The molecule has 0 aliphatic rings. The standard InChI is InChI=1S/C20H20O3/c1-13(8-14-2-4-17(21)5-3-14)9-15-10-16-12-18(22)6-7-19(16)20(23)11-15/h2-7,10-13,21-23H,8-9H2,1H3. The van der Waals surface area contributed by atoms with Crippen LogP contribution >= 0.6 is 0 Å². The van der Waals surface area contributed by atoms with E-state index in [9.17, 15) is 15.3 Å². The third kappa shape index (κ3) is 3.57. The van der Waals surface area contributed by atoms with Crippen molar-refractivity contribution in [3.8, 4) is 17.2 Å². The lowest BCUT2D eigenvalue weighted by Crippen LogP contribution is -2.04. The van der Waals surface area contributed by atoms with Crippen LogP contribution in [0.4, 0.5) is 0 Å². The molecule has 0 aliphatic heterocycles. The Labute approximate surface area is 135 Å². The fourth-order valence-electron chi connectivity index (χ4n) is 3.02. The second-order valence-electron chi connectivity index (χ2n) is 6.20. The van der Waals surface area contributed by atoms with Gasteiger partial charge in [-0.25, -0.2) is 0 Å². The van der Waals surface area contributed by atoms with Crippen molar-refractivity contribution in [3.05, 3.63) is 65.7 Å². The average molecular weight is 308 g/mol. The Morgan fingerprint density at radius 1 is 0.739 bits per heavy atom. The van der Waals surface area contributed by atoms with E-state index in [2.05, 4.69) is 6.92 Å². The highest BCUT2D eigenvalue weighted by molar-refractivity contribution is 5.89. The van der Waals surface area contributed by atoms with E-state index in [0.29, 0.717) is 5.92 Å². The number of hydrogen-bond donors (Lipinski definition) is 3. The Hall–Kier alpha value is -2.68. The molecule has 118 valence electrons. The van der Waals surface area contributed by atoms with Crippen molar-refractivity contribution in [2.45, 2.75) is 19.8 Å². The molecule has 0 saturated heterocycles. The minimum atomic E-state index is 0.200. The zero-order chi connectivity index (χ0) is 16.4. The maximum absolute atomic E-state index is 10.2. The first-order valence-electron chi connectivity index (χ1n) is 7.74. The Balaban J connectivity index is 1.79. The summed E-state index contributed by atoms with van der Waals surface area (Å²) in [5, 5.41) is 30.7. The maximum atomic E-state index is 10.2. The Kier molecular flexibility index (Phi) is 4.11. The van der Waals surface area contributed by atoms with Crippen LogP contribution in [0.2, 0.25) is 0 Å². The van der Waals surface area contributed by atoms with Crippen LogP contribution in [0.15, 0.2) is 54.6 Å². The molecule has 0 amide bonds. The van der Waals surface area contributed by atoms with E-state index in [-0.39, 0.29) is 17.2 Å². The molecule has 3 N–H and O–H groups in total. The lowest BCUT2D eigenvalue weighted by Gasteiger charge is -2.13. The first kappa shape index (κ1) is 15.2. The van der Waals surface area contributed by atoms with E-state index in [0.717, 1.165) is 29.2 Å². The van der Waals surface area contributed by atoms with Gasteiger partial charge >= 0.3 is 0 Å². The molecule has 1 atom stereocenters. The molecule has 3 aromatic carbocycles. The maximum Gasteiger partial charge on any atom is 0.123 e. The predicted octanol–water partition coefficient (Wildman–Crippen LogP) is 4.38. The van der Waals surface area contributed by atoms with Crippen molar-refractivity contribution < 1.29 is 15.3 Å². The Morgan fingerprint density at radius 2 is 1.39 bits per heavy atom. The van der Waals surface area contributed by atoms with E-state index in [1.165, 1.54) is 5.56 Å². The molecule has 0 aromatic heterocycles. The largest absolute Gasteiger partial charge is 0.508 e. The lowest BCUT2D eigenvalue weighted by atomic mass is 9.93. The minimum Gasteiger partial charge on any atom is -0.508 e. The molecule has 0 spiro atoms. The minimum absolute atomic E-state index is 0.200. The van der Waals surface area contributed by atoms with Crippen LogP contribution in [-0.2, 0) is 12.8 Å². The molecular weight excluding hydrogens is 288 g/mol. The smallest absolute Gasteiger partial charge is 0.123 e. The van der Waals surface area contributed by atoms with Crippen LogP contribution in [0.3, 0.4) is 0 Å². The number of rotatable bonds is 4. The zero-order valence-corrected chi connectivity index (χ0v) is 13.0. The molecule has 3 rings (SSSR count). The summed E-state index contributed by atoms with van der Waals surface area (Å²) in [7, 11) is 0. The van der Waals surface area contributed by atoms with Crippen molar-refractivity contribution in [2.75, 3.05) is 0 Å². The van der Waals surface area contributed by atoms with Crippen molar-refractivity contribution >= 4 is 10.8 Å². The molecule has 0 saturated carbocycles. The van der Waals surface area contributed by atoms with Gasteiger partial charge in [-0.15, -0.1) is 0 Å². The Morgan fingerprint density at radius 3 is 2.13 bits per heavy atom. The summed E-state index contributed by atoms with van der Waals surface area (Å²) in [5.41, 5.74) is 2.23. The quantitative estimate of drug-likeness (QED) is 0.670. The van der Waals surface area contributed by atoms with Gasteiger partial charge in [0.2, 0.25) is 0 Å². The second-order valence-corrected chi connectivity index (χ2v) is 6.20. The van der Waals surface area contributed by atoms with Gasteiger partial charge < -0.3 is 15.3 Å². The van der Waals surface area contributed by atoms with Crippen molar-refractivity contribution in [3.63, 3.8) is 0 Å². The number of phenols is 3. The molecule has 3 nitrogen and oxygen atoms in total. The summed E-state index contributed by atoms with van der Waals surface area (Å²) in [4.78, 5) is 0. The van der Waals surface area contributed by atoms with Crippen LogP contribution in [0.5, 0.6) is 17.2 Å². The van der Waals surface area contributed by atoms with Gasteiger partial charge in [0.15, 0.2) is 0 Å². The van der Waals surface area contributed by atoms with Crippen molar-refractivity contribution in [2.24, 2.45) is 5.92 Å². The monoisotopic (exact) mass is 308 g/mol. The van der Waals surface area contributed by atoms with Crippen LogP contribution < -0.4 is 0 Å². The SMILES string of the molecule is CC(Cc1ccc(O)cc1)Cc1cc(O)c2ccc(O)cc2c1. The van der Waals surface area contributed by atoms with E-state index in [1.807, 2.05) is 18.2 Å². The van der Waals surface area contributed by atoms with Gasteiger partial charge in [-0.2, -0.15) is 0 Å². The first-order valence-corrected chi connectivity index (χ1v) is 7.74. The number of phenolic OH excluding ortho intramolecular Hbond substituents is 3. The average Bonchev–Trinajstić information content (AvgIpc) is 2.49. The van der Waals surface area contributed by atoms with Crippen LogP contribution in [0, 0.1) is 5.92 Å². The summed E-state index contributed by atoms with van der Waals surface area (Å²) in [6.07, 6.45) is 1.74. The Bertz CT molecular complexity index is 822. The number of fused-ring (bicyclic) bond motifs is 1. The third-order valence-corrected chi connectivity index (χ3v) is 4.08. The summed E-state index contributed by atoms with van der Waals surface area (Å²) in [5.74, 6) is 1.12. The van der Waals surface area contributed by atoms with Gasteiger partial charge in [-0.1, -0.05) is 25.1 Å². The van der Waals surface area contributed by atoms with E-state index in [4.69, 9.17) is 0 Å². The van der Waals surface area contributed by atoms with Crippen LogP contribution in [-0.4, -0.2) is 15.3 Å². The van der Waals surface area contributed by atoms with Gasteiger partial charge in [-0.3, -0.25) is 0 Å². The fourth-order valence-corrected chi connectivity index (χ4v) is 3.02. The van der Waals surface area contributed by atoms with E-state index in [1.54, 1.807) is 36.4 Å². The highest BCUT2D eigenvalue weighted by Crippen LogP contribution is 2.30. The van der Waals surface area contributed by atoms with Crippen molar-refractivity contribution in [1.82, 2.24) is 0 Å². The lowest BCUT2D eigenvalue weighted by molar-refractivity contribution is 0.473. The highest BCUT2D eigenvalue weighted by atomic mass is 16.3. The molecule has 0 aliphatic carbocycles. The molecule has 0 radical (unpaired) electrons. The van der Waals surface area contributed by atoms with Crippen LogP contribution in [0.1, 0.15) is 18.1 Å². The topological polar surface area (TPSA) is 60.7 Å². The van der Waals surface area contributed by atoms with Gasteiger partial charge in [0, 0.05) is 5.39 Å². The molecule has 3 heteroatoms. The molecule has 0 bridgehead atoms. The van der Waals surface area contributed by atoms with Crippen LogP contribution in [0.25, 0.3) is 10.8 Å². The molecule has 1 unspecified atom stereocenters. The molecule has 0 fully saturated rings. The van der Waals surface area contributed by atoms with Gasteiger partial charge in [-0.05, 0) is 71.7 Å². The van der Waals surface area contributed by atoms with E-state index >= 15 is 0 Å². The normalized spacial score (nSPS) is 12.4. The number of benzene rings is 3. The first-order chi connectivity index (χ1) is 11.0. The molecule has 0 heterocycles. The summed E-state index contributed by atoms with van der Waals surface area (Å²) < 4.78 is 0. The van der Waals surface area contributed by atoms with E-state index < -0.39 is 0 Å². The summed E-state index contributed by atoms with van der Waals surface area (Å²) in [6.45, 7) is 2.16. The molecule has 23 heavy (non-hydrogen) atoms. The zero-order valence-electron chi connectivity index (χ0n) is 13.0. The van der Waals surface area contributed by atoms with Crippen molar-refractivity contribution in [1.29, 1.82) is 0 Å². The number of hydrogen-bond acceptors (Lipinski definition) is 3.